The standard InChI is InChI=1S/C15H19N3O2S2/c1-9(2)8-17-14(19)12-13(16)18(15(21)22-12)10-4-6-11(20-3)7-5-10/h4-7,9H,8,16H2,1-3H3,(H,17,19). The fourth-order valence-electron chi connectivity index (χ4n) is 1.90. The highest BCUT2D eigenvalue weighted by molar-refractivity contribution is 7.73. The summed E-state index contributed by atoms with van der Waals surface area (Å²) in [7, 11) is 1.61. The van der Waals surface area contributed by atoms with Gasteiger partial charge in [-0.1, -0.05) is 25.2 Å². The minimum atomic E-state index is -0.186. The van der Waals surface area contributed by atoms with Crippen molar-refractivity contribution in [2.45, 2.75) is 13.8 Å². The van der Waals surface area contributed by atoms with Gasteiger partial charge in [-0.3, -0.25) is 9.36 Å². The Kier molecular flexibility index (Phi) is 5.20. The van der Waals surface area contributed by atoms with Gasteiger partial charge >= 0.3 is 0 Å². The van der Waals surface area contributed by atoms with Crippen LogP contribution >= 0.6 is 23.6 Å². The summed E-state index contributed by atoms with van der Waals surface area (Å²) >= 11 is 6.56. The van der Waals surface area contributed by atoms with Gasteiger partial charge in [-0.2, -0.15) is 0 Å². The molecule has 0 radical (unpaired) electrons. The van der Waals surface area contributed by atoms with Crippen molar-refractivity contribution in [3.8, 4) is 11.4 Å². The van der Waals surface area contributed by atoms with Gasteiger partial charge in [-0.25, -0.2) is 0 Å². The van der Waals surface area contributed by atoms with Crippen molar-refractivity contribution < 1.29 is 9.53 Å². The summed E-state index contributed by atoms with van der Waals surface area (Å²) in [6, 6.07) is 7.36. The lowest BCUT2D eigenvalue weighted by atomic mass is 10.2. The van der Waals surface area contributed by atoms with Crippen molar-refractivity contribution in [2.75, 3.05) is 19.4 Å². The molecule has 2 aromatic rings. The van der Waals surface area contributed by atoms with Gasteiger partial charge < -0.3 is 15.8 Å². The third kappa shape index (κ3) is 3.48. The first-order valence-electron chi connectivity index (χ1n) is 6.88. The zero-order valence-electron chi connectivity index (χ0n) is 12.8. The highest BCUT2D eigenvalue weighted by atomic mass is 32.1. The summed E-state index contributed by atoms with van der Waals surface area (Å²) in [5, 5.41) is 2.86. The Balaban J connectivity index is 2.34. The maximum Gasteiger partial charge on any atom is 0.265 e. The number of thiazole rings is 1. The van der Waals surface area contributed by atoms with E-state index in [1.807, 2.05) is 38.1 Å². The van der Waals surface area contributed by atoms with Crippen molar-refractivity contribution in [2.24, 2.45) is 5.92 Å². The molecule has 22 heavy (non-hydrogen) atoms. The second kappa shape index (κ2) is 6.93. The number of benzene rings is 1. The predicted octanol–water partition coefficient (Wildman–Crippen LogP) is 3.24. The van der Waals surface area contributed by atoms with Crippen LogP contribution in [0.5, 0.6) is 5.75 Å². The molecule has 0 aliphatic rings. The molecular weight excluding hydrogens is 318 g/mol. The molecule has 0 spiro atoms. The topological polar surface area (TPSA) is 69.3 Å². The SMILES string of the molecule is COc1ccc(-n2c(N)c(C(=O)NCC(C)C)sc2=S)cc1. The average molecular weight is 337 g/mol. The lowest BCUT2D eigenvalue weighted by Crippen LogP contribution is -2.27. The lowest BCUT2D eigenvalue weighted by Gasteiger charge is -2.09. The van der Waals surface area contributed by atoms with Crippen molar-refractivity contribution >= 4 is 35.3 Å². The van der Waals surface area contributed by atoms with E-state index in [2.05, 4.69) is 5.32 Å². The Hall–Kier alpha value is -1.86. The quantitative estimate of drug-likeness (QED) is 0.822. The minimum Gasteiger partial charge on any atom is -0.497 e. The largest absolute Gasteiger partial charge is 0.497 e. The van der Waals surface area contributed by atoms with Gasteiger partial charge in [-0.05, 0) is 42.4 Å². The van der Waals surface area contributed by atoms with Gasteiger partial charge in [0.25, 0.3) is 5.91 Å². The molecule has 2 rings (SSSR count). The summed E-state index contributed by atoms with van der Waals surface area (Å²) in [6.07, 6.45) is 0. The zero-order valence-corrected chi connectivity index (χ0v) is 14.4. The molecule has 7 heteroatoms. The first-order valence-corrected chi connectivity index (χ1v) is 8.10. The number of nitrogens with one attached hydrogen (secondary N) is 1. The maximum atomic E-state index is 12.2. The van der Waals surface area contributed by atoms with Crippen LogP contribution in [0, 0.1) is 9.87 Å². The number of nitrogens with two attached hydrogens (primary N) is 1. The number of methoxy groups -OCH3 is 1. The number of anilines is 1. The van der Waals surface area contributed by atoms with Crippen LogP contribution in [0.4, 0.5) is 5.82 Å². The number of rotatable bonds is 5. The Labute approximate surface area is 138 Å². The van der Waals surface area contributed by atoms with E-state index in [1.165, 1.54) is 11.3 Å². The van der Waals surface area contributed by atoms with Crippen LogP contribution in [0.1, 0.15) is 23.5 Å². The van der Waals surface area contributed by atoms with Crippen LogP contribution in [0.25, 0.3) is 5.69 Å². The third-order valence-corrected chi connectivity index (χ3v) is 4.44. The van der Waals surface area contributed by atoms with Crippen LogP contribution in [0.2, 0.25) is 0 Å². The summed E-state index contributed by atoms with van der Waals surface area (Å²) in [4.78, 5) is 12.7. The fourth-order valence-corrected chi connectivity index (χ4v) is 3.18. The minimum absolute atomic E-state index is 0.186. The summed E-state index contributed by atoms with van der Waals surface area (Å²) in [6.45, 7) is 4.67. The number of hydrogen-bond donors (Lipinski definition) is 2. The number of hydrogen-bond acceptors (Lipinski definition) is 5. The van der Waals surface area contributed by atoms with Crippen LogP contribution in [-0.2, 0) is 0 Å². The van der Waals surface area contributed by atoms with E-state index in [1.54, 1.807) is 11.7 Å². The molecule has 0 bridgehead atoms. The zero-order chi connectivity index (χ0) is 16.3. The van der Waals surface area contributed by atoms with Crippen LogP contribution in [0.15, 0.2) is 24.3 Å². The number of ether oxygens (including phenoxy) is 1. The number of carbonyl (C=O) groups is 1. The molecule has 0 aliphatic carbocycles. The Morgan fingerprint density at radius 3 is 2.59 bits per heavy atom. The molecule has 0 saturated carbocycles. The molecule has 0 unspecified atom stereocenters. The fraction of sp³-hybridized carbons (Fsp3) is 0.333. The summed E-state index contributed by atoms with van der Waals surface area (Å²) in [5.74, 6) is 1.30. The Bertz CT molecular complexity index is 717. The molecule has 0 fully saturated rings. The Morgan fingerprint density at radius 2 is 2.05 bits per heavy atom. The van der Waals surface area contributed by atoms with Gasteiger partial charge in [0, 0.05) is 12.2 Å². The smallest absolute Gasteiger partial charge is 0.265 e. The Morgan fingerprint density at radius 1 is 1.41 bits per heavy atom. The van der Waals surface area contributed by atoms with Crippen LogP contribution < -0.4 is 15.8 Å². The van der Waals surface area contributed by atoms with Gasteiger partial charge in [0.2, 0.25) is 0 Å². The van der Waals surface area contributed by atoms with Crippen molar-refractivity contribution in [3.05, 3.63) is 33.1 Å². The number of amides is 1. The third-order valence-electron chi connectivity index (χ3n) is 3.05. The van der Waals surface area contributed by atoms with Gasteiger partial charge in [0.05, 0.1) is 7.11 Å². The molecular formula is C15H19N3O2S2. The number of aromatic nitrogens is 1. The molecule has 1 heterocycles. The highest BCUT2D eigenvalue weighted by Gasteiger charge is 2.18. The van der Waals surface area contributed by atoms with E-state index in [9.17, 15) is 4.79 Å². The number of nitrogens with zero attached hydrogens (tertiary/aromatic N) is 1. The summed E-state index contributed by atoms with van der Waals surface area (Å²) < 4.78 is 7.37. The van der Waals surface area contributed by atoms with E-state index < -0.39 is 0 Å². The molecule has 0 saturated heterocycles. The molecule has 1 amide bonds. The van der Waals surface area contributed by atoms with Crippen molar-refractivity contribution in [3.63, 3.8) is 0 Å². The van der Waals surface area contributed by atoms with Crippen LogP contribution in [0.3, 0.4) is 0 Å². The second-order valence-corrected chi connectivity index (χ2v) is 6.86. The summed E-state index contributed by atoms with van der Waals surface area (Å²) in [5.41, 5.74) is 6.94. The first-order chi connectivity index (χ1) is 10.4. The monoisotopic (exact) mass is 337 g/mol. The maximum absolute atomic E-state index is 12.2. The molecule has 118 valence electrons. The molecule has 5 nitrogen and oxygen atoms in total. The first kappa shape index (κ1) is 16.5. The van der Waals surface area contributed by atoms with Crippen LogP contribution in [-0.4, -0.2) is 24.1 Å². The van der Waals surface area contributed by atoms with E-state index in [4.69, 9.17) is 22.7 Å². The van der Waals surface area contributed by atoms with E-state index in [0.29, 0.717) is 27.1 Å². The molecule has 1 aromatic carbocycles. The lowest BCUT2D eigenvalue weighted by molar-refractivity contribution is 0.0953. The molecule has 1 aromatic heterocycles. The van der Waals surface area contributed by atoms with Gasteiger partial charge in [0.1, 0.15) is 16.4 Å². The predicted molar refractivity (Wildman–Crippen MR) is 92.6 cm³/mol. The van der Waals surface area contributed by atoms with E-state index in [-0.39, 0.29) is 5.91 Å². The van der Waals surface area contributed by atoms with E-state index in [0.717, 1.165) is 11.4 Å². The molecule has 3 N–H and O–H groups in total. The van der Waals surface area contributed by atoms with E-state index >= 15 is 0 Å². The average Bonchev–Trinajstić information content (AvgIpc) is 2.80. The highest BCUT2D eigenvalue weighted by Crippen LogP contribution is 2.27. The normalized spacial score (nSPS) is 10.7. The van der Waals surface area contributed by atoms with Crippen molar-refractivity contribution in [1.82, 2.24) is 9.88 Å². The number of carbonyl (C=O) groups excluding carboxylic acids is 1. The van der Waals surface area contributed by atoms with Crippen molar-refractivity contribution in [1.29, 1.82) is 0 Å². The molecule has 0 atom stereocenters. The second-order valence-electron chi connectivity index (χ2n) is 5.22. The van der Waals surface area contributed by atoms with Gasteiger partial charge in [-0.15, -0.1) is 0 Å². The molecule has 0 aliphatic heterocycles. The number of nitrogen functional groups attached to an aromatic ring is 1. The van der Waals surface area contributed by atoms with Gasteiger partial charge in [0.15, 0.2) is 3.95 Å².